The van der Waals surface area contributed by atoms with Gasteiger partial charge < -0.3 is 16.0 Å². The van der Waals surface area contributed by atoms with Crippen LogP contribution in [-0.2, 0) is 4.79 Å². The lowest BCUT2D eigenvalue weighted by atomic mass is 9.90. The van der Waals surface area contributed by atoms with Gasteiger partial charge in [0.25, 0.3) is 0 Å². The SMILES string of the molecule is CCCNC(=NC)NCC1CC(=O)Nc2ccccc21. The number of nitrogens with one attached hydrogen (secondary N) is 3. The number of carbonyl (C=O) groups is 1. The van der Waals surface area contributed by atoms with Gasteiger partial charge in [-0.15, -0.1) is 0 Å². The smallest absolute Gasteiger partial charge is 0.225 e. The molecule has 0 fully saturated rings. The molecule has 20 heavy (non-hydrogen) atoms. The fraction of sp³-hybridized carbons (Fsp3) is 0.467. The first kappa shape index (κ1) is 14.4. The van der Waals surface area contributed by atoms with Crippen molar-refractivity contribution in [3.8, 4) is 0 Å². The fourth-order valence-corrected chi connectivity index (χ4v) is 2.37. The first-order valence-electron chi connectivity index (χ1n) is 7.08. The van der Waals surface area contributed by atoms with Gasteiger partial charge in [0.1, 0.15) is 0 Å². The molecule has 1 aliphatic heterocycles. The van der Waals surface area contributed by atoms with Crippen LogP contribution in [0.1, 0.15) is 31.2 Å². The molecule has 1 heterocycles. The second kappa shape index (κ2) is 6.93. The van der Waals surface area contributed by atoms with Gasteiger partial charge in [-0.2, -0.15) is 0 Å². The molecule has 3 N–H and O–H groups in total. The molecule has 5 nitrogen and oxygen atoms in total. The standard InChI is InChI=1S/C15H22N4O/c1-3-8-17-15(16-2)18-10-11-9-14(20)19-13-7-5-4-6-12(11)13/h4-7,11H,3,8-10H2,1-2H3,(H,19,20)(H2,16,17,18). The monoisotopic (exact) mass is 274 g/mol. The average Bonchev–Trinajstić information content (AvgIpc) is 2.47. The molecule has 0 spiro atoms. The molecule has 2 rings (SSSR count). The van der Waals surface area contributed by atoms with Crippen LogP contribution in [0.5, 0.6) is 0 Å². The number of benzene rings is 1. The summed E-state index contributed by atoms with van der Waals surface area (Å²) in [6, 6.07) is 7.97. The van der Waals surface area contributed by atoms with Crippen LogP contribution in [-0.4, -0.2) is 32.0 Å². The molecule has 0 saturated heterocycles. The molecule has 0 bridgehead atoms. The Kier molecular flexibility index (Phi) is 4.98. The Morgan fingerprint density at radius 2 is 2.20 bits per heavy atom. The molecule has 0 saturated carbocycles. The first-order valence-corrected chi connectivity index (χ1v) is 7.08. The highest BCUT2D eigenvalue weighted by atomic mass is 16.1. The van der Waals surface area contributed by atoms with Gasteiger partial charge in [-0.3, -0.25) is 9.79 Å². The maximum Gasteiger partial charge on any atom is 0.225 e. The van der Waals surface area contributed by atoms with Gasteiger partial charge in [0.2, 0.25) is 5.91 Å². The number of anilines is 1. The summed E-state index contributed by atoms with van der Waals surface area (Å²) in [4.78, 5) is 15.9. The van der Waals surface area contributed by atoms with Crippen molar-refractivity contribution in [2.75, 3.05) is 25.5 Å². The predicted molar refractivity (Wildman–Crippen MR) is 82.1 cm³/mol. The Morgan fingerprint density at radius 3 is 2.95 bits per heavy atom. The molecule has 0 aliphatic carbocycles. The third-order valence-electron chi connectivity index (χ3n) is 3.39. The van der Waals surface area contributed by atoms with E-state index in [9.17, 15) is 4.79 Å². The van der Waals surface area contributed by atoms with Crippen molar-refractivity contribution in [1.29, 1.82) is 0 Å². The number of aliphatic imine (C=N–C) groups is 1. The van der Waals surface area contributed by atoms with Crippen LogP contribution in [0.25, 0.3) is 0 Å². The summed E-state index contributed by atoms with van der Waals surface area (Å²) in [5, 5.41) is 9.44. The van der Waals surface area contributed by atoms with Crippen LogP contribution in [0, 0.1) is 0 Å². The number of carbonyl (C=O) groups excluding carboxylic acids is 1. The van der Waals surface area contributed by atoms with E-state index >= 15 is 0 Å². The van der Waals surface area contributed by atoms with E-state index in [1.54, 1.807) is 7.05 Å². The van der Waals surface area contributed by atoms with Gasteiger partial charge in [0, 0.05) is 38.2 Å². The van der Waals surface area contributed by atoms with Crippen LogP contribution in [0.3, 0.4) is 0 Å². The molecule has 1 aliphatic rings. The number of hydrogen-bond acceptors (Lipinski definition) is 2. The second-order valence-corrected chi connectivity index (χ2v) is 4.92. The van der Waals surface area contributed by atoms with E-state index in [2.05, 4.69) is 33.9 Å². The normalized spacial score (nSPS) is 18.2. The van der Waals surface area contributed by atoms with Crippen molar-refractivity contribution in [2.45, 2.75) is 25.7 Å². The molecule has 1 aromatic rings. The van der Waals surface area contributed by atoms with Gasteiger partial charge in [0.05, 0.1) is 0 Å². The molecule has 0 aromatic heterocycles. The van der Waals surface area contributed by atoms with Crippen LogP contribution < -0.4 is 16.0 Å². The summed E-state index contributed by atoms with van der Waals surface area (Å²) in [5.74, 6) is 1.04. The van der Waals surface area contributed by atoms with Gasteiger partial charge in [-0.25, -0.2) is 0 Å². The predicted octanol–water partition coefficient (Wildman–Crippen LogP) is 1.69. The Bertz CT molecular complexity index is 498. The number of fused-ring (bicyclic) bond motifs is 1. The molecular weight excluding hydrogens is 252 g/mol. The molecular formula is C15H22N4O. The van der Waals surface area contributed by atoms with Crippen LogP contribution in [0.15, 0.2) is 29.3 Å². The van der Waals surface area contributed by atoms with E-state index in [-0.39, 0.29) is 11.8 Å². The number of hydrogen-bond donors (Lipinski definition) is 3. The summed E-state index contributed by atoms with van der Waals surface area (Å²) < 4.78 is 0. The zero-order valence-corrected chi connectivity index (χ0v) is 12.1. The van der Waals surface area contributed by atoms with Crippen molar-refractivity contribution in [3.63, 3.8) is 0 Å². The summed E-state index contributed by atoms with van der Waals surface area (Å²) in [7, 11) is 1.76. The zero-order chi connectivity index (χ0) is 14.4. The Morgan fingerprint density at radius 1 is 1.40 bits per heavy atom. The van der Waals surface area contributed by atoms with Gasteiger partial charge in [0.15, 0.2) is 5.96 Å². The van der Waals surface area contributed by atoms with E-state index < -0.39 is 0 Å². The second-order valence-electron chi connectivity index (χ2n) is 4.92. The number of guanidine groups is 1. The Hall–Kier alpha value is -2.04. The van der Waals surface area contributed by atoms with E-state index in [4.69, 9.17) is 0 Å². The fourth-order valence-electron chi connectivity index (χ4n) is 2.37. The molecule has 108 valence electrons. The Labute approximate surface area is 119 Å². The summed E-state index contributed by atoms with van der Waals surface area (Å²) in [6.45, 7) is 3.71. The topological polar surface area (TPSA) is 65.5 Å². The maximum absolute atomic E-state index is 11.7. The minimum Gasteiger partial charge on any atom is -0.356 e. The van der Waals surface area contributed by atoms with Gasteiger partial charge >= 0.3 is 0 Å². The van der Waals surface area contributed by atoms with Crippen LogP contribution in [0.2, 0.25) is 0 Å². The van der Waals surface area contributed by atoms with Crippen molar-refractivity contribution in [1.82, 2.24) is 10.6 Å². The Balaban J connectivity index is 2.01. The lowest BCUT2D eigenvalue weighted by Gasteiger charge is -2.26. The van der Waals surface area contributed by atoms with Crippen LogP contribution >= 0.6 is 0 Å². The number of rotatable bonds is 4. The van der Waals surface area contributed by atoms with E-state index in [0.717, 1.165) is 24.6 Å². The first-order chi connectivity index (χ1) is 9.74. The molecule has 5 heteroatoms. The molecule has 0 radical (unpaired) electrons. The summed E-state index contributed by atoms with van der Waals surface area (Å²) in [5.41, 5.74) is 2.11. The number of amides is 1. The van der Waals surface area contributed by atoms with E-state index in [1.165, 1.54) is 5.56 Å². The molecule has 1 atom stereocenters. The van der Waals surface area contributed by atoms with Crippen molar-refractivity contribution < 1.29 is 4.79 Å². The number of nitrogens with zero attached hydrogens (tertiary/aromatic N) is 1. The highest BCUT2D eigenvalue weighted by Crippen LogP contribution is 2.31. The van der Waals surface area contributed by atoms with Crippen molar-refractivity contribution in [2.24, 2.45) is 4.99 Å². The lowest BCUT2D eigenvalue weighted by molar-refractivity contribution is -0.116. The number of para-hydroxylation sites is 1. The molecule has 1 unspecified atom stereocenters. The zero-order valence-electron chi connectivity index (χ0n) is 12.1. The van der Waals surface area contributed by atoms with Crippen LogP contribution in [0.4, 0.5) is 5.69 Å². The summed E-state index contributed by atoms with van der Waals surface area (Å²) >= 11 is 0. The molecule has 1 amide bonds. The minimum absolute atomic E-state index is 0.0759. The summed E-state index contributed by atoms with van der Waals surface area (Å²) in [6.07, 6.45) is 1.56. The van der Waals surface area contributed by atoms with E-state index in [1.807, 2.05) is 18.2 Å². The van der Waals surface area contributed by atoms with Crippen molar-refractivity contribution >= 4 is 17.6 Å². The van der Waals surface area contributed by atoms with E-state index in [0.29, 0.717) is 13.0 Å². The van der Waals surface area contributed by atoms with Gasteiger partial charge in [-0.1, -0.05) is 25.1 Å². The third kappa shape index (κ3) is 3.50. The molecule has 1 aromatic carbocycles. The van der Waals surface area contributed by atoms with Gasteiger partial charge in [-0.05, 0) is 18.1 Å². The lowest BCUT2D eigenvalue weighted by Crippen LogP contribution is -2.40. The van der Waals surface area contributed by atoms with Crippen molar-refractivity contribution in [3.05, 3.63) is 29.8 Å². The quantitative estimate of drug-likeness (QED) is 0.578. The highest BCUT2D eigenvalue weighted by Gasteiger charge is 2.24. The third-order valence-corrected chi connectivity index (χ3v) is 3.39. The largest absolute Gasteiger partial charge is 0.356 e. The minimum atomic E-state index is 0.0759. The maximum atomic E-state index is 11.7. The average molecular weight is 274 g/mol. The highest BCUT2D eigenvalue weighted by molar-refractivity contribution is 5.94.